The van der Waals surface area contributed by atoms with Crippen LogP contribution in [0, 0.1) is 0 Å². The number of hydrogen-bond acceptors (Lipinski definition) is 5. The van der Waals surface area contributed by atoms with Gasteiger partial charge in [-0.15, -0.1) is 0 Å². The molecule has 1 aromatic heterocycles. The van der Waals surface area contributed by atoms with E-state index in [0.717, 1.165) is 11.6 Å². The minimum Gasteiger partial charge on any atom is -0.494 e. The zero-order valence-electron chi connectivity index (χ0n) is 12.9. The molecule has 0 aliphatic carbocycles. The lowest BCUT2D eigenvalue weighted by Crippen LogP contribution is -2.17. The summed E-state index contributed by atoms with van der Waals surface area (Å²) < 4.78 is 10.8. The van der Waals surface area contributed by atoms with Crippen molar-refractivity contribution in [2.45, 2.75) is 6.92 Å². The average Bonchev–Trinajstić information content (AvgIpc) is 2.97. The Labute approximate surface area is 129 Å². The highest BCUT2D eigenvalue weighted by molar-refractivity contribution is 5.94. The van der Waals surface area contributed by atoms with Crippen molar-refractivity contribution in [2.75, 3.05) is 25.6 Å². The van der Waals surface area contributed by atoms with Crippen molar-refractivity contribution >= 4 is 18.0 Å². The summed E-state index contributed by atoms with van der Waals surface area (Å²) in [5.74, 6) is 1.73. The van der Waals surface area contributed by atoms with Crippen molar-refractivity contribution < 1.29 is 13.9 Å². The van der Waals surface area contributed by atoms with E-state index in [9.17, 15) is 4.79 Å². The minimum atomic E-state index is -0.293. The average molecular weight is 301 g/mol. The SMILES string of the molecule is CCOc1ccc(C(=O)NN=Cc2ccc(N(C)C)o2)cc1. The zero-order valence-corrected chi connectivity index (χ0v) is 12.9. The van der Waals surface area contributed by atoms with E-state index in [-0.39, 0.29) is 5.91 Å². The Bertz CT molecular complexity index is 645. The number of nitrogens with zero attached hydrogens (tertiary/aromatic N) is 2. The third-order valence-electron chi connectivity index (χ3n) is 2.84. The lowest BCUT2D eigenvalue weighted by atomic mass is 10.2. The van der Waals surface area contributed by atoms with Gasteiger partial charge in [-0.05, 0) is 37.3 Å². The molecule has 0 bridgehead atoms. The fourth-order valence-electron chi connectivity index (χ4n) is 1.74. The molecule has 0 spiro atoms. The molecule has 2 rings (SSSR count). The van der Waals surface area contributed by atoms with Crippen molar-refractivity contribution in [1.82, 2.24) is 5.43 Å². The molecule has 1 heterocycles. The topological polar surface area (TPSA) is 67.1 Å². The van der Waals surface area contributed by atoms with Crippen LogP contribution in [0.25, 0.3) is 0 Å². The van der Waals surface area contributed by atoms with E-state index in [1.165, 1.54) is 6.21 Å². The van der Waals surface area contributed by atoms with Gasteiger partial charge in [0.2, 0.25) is 0 Å². The first-order valence-corrected chi connectivity index (χ1v) is 6.93. The van der Waals surface area contributed by atoms with Gasteiger partial charge >= 0.3 is 0 Å². The van der Waals surface area contributed by atoms with E-state index < -0.39 is 0 Å². The number of furan rings is 1. The first kappa shape index (κ1) is 15.6. The van der Waals surface area contributed by atoms with Crippen LogP contribution in [-0.2, 0) is 0 Å². The van der Waals surface area contributed by atoms with Crippen LogP contribution in [0.15, 0.2) is 45.9 Å². The van der Waals surface area contributed by atoms with Crippen LogP contribution in [0.1, 0.15) is 23.0 Å². The molecule has 1 N–H and O–H groups in total. The number of benzene rings is 1. The van der Waals surface area contributed by atoms with Crippen LogP contribution >= 0.6 is 0 Å². The first-order valence-electron chi connectivity index (χ1n) is 6.93. The van der Waals surface area contributed by atoms with Crippen molar-refractivity contribution in [3.8, 4) is 5.75 Å². The van der Waals surface area contributed by atoms with Gasteiger partial charge < -0.3 is 14.1 Å². The Morgan fingerprint density at radius 3 is 2.59 bits per heavy atom. The summed E-state index contributed by atoms with van der Waals surface area (Å²) in [7, 11) is 3.76. The van der Waals surface area contributed by atoms with Crippen molar-refractivity contribution in [2.24, 2.45) is 5.10 Å². The van der Waals surface area contributed by atoms with E-state index in [1.54, 1.807) is 30.3 Å². The Balaban J connectivity index is 1.92. The highest BCUT2D eigenvalue weighted by Gasteiger charge is 2.05. The highest BCUT2D eigenvalue weighted by atomic mass is 16.5. The number of nitrogens with one attached hydrogen (secondary N) is 1. The third kappa shape index (κ3) is 4.12. The van der Waals surface area contributed by atoms with E-state index in [1.807, 2.05) is 32.0 Å². The van der Waals surface area contributed by atoms with Crippen LogP contribution in [0.5, 0.6) is 5.75 Å². The van der Waals surface area contributed by atoms with Crippen molar-refractivity contribution in [1.29, 1.82) is 0 Å². The molecule has 0 aliphatic heterocycles. The first-order chi connectivity index (χ1) is 10.6. The number of anilines is 1. The highest BCUT2D eigenvalue weighted by Crippen LogP contribution is 2.14. The van der Waals surface area contributed by atoms with Gasteiger partial charge in [-0.2, -0.15) is 5.10 Å². The number of hydrazone groups is 1. The second-order valence-corrected chi connectivity index (χ2v) is 4.73. The molecule has 22 heavy (non-hydrogen) atoms. The van der Waals surface area contributed by atoms with Gasteiger partial charge in [-0.1, -0.05) is 0 Å². The van der Waals surface area contributed by atoms with Gasteiger partial charge in [0, 0.05) is 25.7 Å². The summed E-state index contributed by atoms with van der Waals surface area (Å²) in [5, 5.41) is 3.88. The van der Waals surface area contributed by atoms with Crippen LogP contribution in [0.4, 0.5) is 5.88 Å². The monoisotopic (exact) mass is 301 g/mol. The molecule has 1 amide bonds. The molecular formula is C16H19N3O3. The van der Waals surface area contributed by atoms with Gasteiger partial charge in [0.15, 0.2) is 5.88 Å². The van der Waals surface area contributed by atoms with Gasteiger partial charge in [0.25, 0.3) is 5.91 Å². The lowest BCUT2D eigenvalue weighted by Gasteiger charge is -2.05. The molecule has 0 saturated heterocycles. The predicted octanol–water partition coefficient (Wildman–Crippen LogP) is 2.51. The van der Waals surface area contributed by atoms with Crippen LogP contribution < -0.4 is 15.1 Å². The van der Waals surface area contributed by atoms with Crippen LogP contribution in [0.2, 0.25) is 0 Å². The molecule has 0 aliphatic rings. The van der Waals surface area contributed by atoms with Gasteiger partial charge in [0.1, 0.15) is 11.5 Å². The molecule has 0 radical (unpaired) electrons. The number of rotatable bonds is 6. The molecule has 1 aromatic carbocycles. The molecule has 0 atom stereocenters. The summed E-state index contributed by atoms with van der Waals surface area (Å²) >= 11 is 0. The molecule has 0 fully saturated rings. The van der Waals surface area contributed by atoms with Crippen molar-refractivity contribution in [3.05, 3.63) is 47.7 Å². The summed E-state index contributed by atoms with van der Waals surface area (Å²) in [6, 6.07) is 10.5. The maximum Gasteiger partial charge on any atom is 0.271 e. The smallest absolute Gasteiger partial charge is 0.271 e. The normalized spacial score (nSPS) is 10.7. The maximum absolute atomic E-state index is 11.9. The zero-order chi connectivity index (χ0) is 15.9. The molecule has 2 aromatic rings. The largest absolute Gasteiger partial charge is 0.494 e. The Morgan fingerprint density at radius 1 is 1.27 bits per heavy atom. The second-order valence-electron chi connectivity index (χ2n) is 4.73. The molecule has 6 heteroatoms. The minimum absolute atomic E-state index is 0.293. The van der Waals surface area contributed by atoms with E-state index >= 15 is 0 Å². The second kappa shape index (κ2) is 7.31. The summed E-state index contributed by atoms with van der Waals surface area (Å²) in [6.45, 7) is 2.50. The van der Waals surface area contributed by atoms with Gasteiger partial charge in [-0.25, -0.2) is 5.43 Å². The van der Waals surface area contributed by atoms with E-state index in [2.05, 4.69) is 10.5 Å². The maximum atomic E-state index is 11.9. The fraction of sp³-hybridized carbons (Fsp3) is 0.250. The van der Waals surface area contributed by atoms with Crippen molar-refractivity contribution in [3.63, 3.8) is 0 Å². The molecular weight excluding hydrogens is 282 g/mol. The standard InChI is InChI=1S/C16H19N3O3/c1-4-21-13-7-5-12(6-8-13)16(20)18-17-11-14-9-10-15(22-14)19(2)3/h5-11H,4H2,1-3H3,(H,18,20). The Kier molecular flexibility index (Phi) is 5.19. The van der Waals surface area contributed by atoms with Crippen LogP contribution in [0.3, 0.4) is 0 Å². The quantitative estimate of drug-likeness (QED) is 0.657. The number of ether oxygens (including phenoxy) is 1. The van der Waals surface area contributed by atoms with Crippen LogP contribution in [-0.4, -0.2) is 32.8 Å². The molecule has 6 nitrogen and oxygen atoms in total. The van der Waals surface area contributed by atoms with E-state index in [4.69, 9.17) is 9.15 Å². The fourth-order valence-corrected chi connectivity index (χ4v) is 1.74. The Hall–Kier alpha value is -2.76. The molecule has 116 valence electrons. The Morgan fingerprint density at radius 2 is 2.00 bits per heavy atom. The van der Waals surface area contributed by atoms with Gasteiger partial charge in [0.05, 0.1) is 12.8 Å². The number of amides is 1. The number of carbonyl (C=O) groups is 1. The third-order valence-corrected chi connectivity index (χ3v) is 2.84. The summed E-state index contributed by atoms with van der Waals surface area (Å²) in [4.78, 5) is 13.8. The van der Waals surface area contributed by atoms with Gasteiger partial charge in [-0.3, -0.25) is 4.79 Å². The predicted molar refractivity (Wildman–Crippen MR) is 85.7 cm³/mol. The molecule has 0 unspecified atom stereocenters. The van der Waals surface area contributed by atoms with E-state index in [0.29, 0.717) is 17.9 Å². The molecule has 0 saturated carbocycles. The number of hydrogen-bond donors (Lipinski definition) is 1. The summed E-state index contributed by atoms with van der Waals surface area (Å²) in [5.41, 5.74) is 2.96. The summed E-state index contributed by atoms with van der Waals surface area (Å²) in [6.07, 6.45) is 1.46. The number of carbonyl (C=O) groups excluding carboxylic acids is 1. The lowest BCUT2D eigenvalue weighted by molar-refractivity contribution is 0.0955.